The van der Waals surface area contributed by atoms with Crippen LogP contribution < -0.4 is 0 Å². The maximum Gasteiger partial charge on any atom is 0.358 e. The first-order valence-corrected chi connectivity index (χ1v) is 13.9. The minimum Gasteiger partial charge on any atom is -0.489 e. The molecule has 1 aromatic rings. The Kier molecular flexibility index (Phi) is 7.13. The lowest BCUT2D eigenvalue weighted by molar-refractivity contribution is -0.108. The van der Waals surface area contributed by atoms with Gasteiger partial charge in [0.25, 0.3) is 0 Å². The second kappa shape index (κ2) is 9.93. The molecule has 0 unspecified atom stereocenters. The van der Waals surface area contributed by atoms with E-state index in [0.29, 0.717) is 12.2 Å². The molecule has 37 heavy (non-hydrogen) atoms. The standard InChI is InChI=1S/C28H37NO7S/c1-13-9-14(2)28-18(10-21(33-6)17(5)34-24(13)16(4)30)7-8-19-22(28)23(31)15(3)25(26(19)36-28)35-27(32)20-11-37-12-29-20/h7-9,11-13,15-16,18-19,21-26,30-31H,5,10H2,1-4,6H3/b14-9+/t13-,15-,16-,18-,19-,21+,22+,23-,24+,25-,26-,28+/m1/s1. The molecule has 2 N–H and O–H groups in total. The van der Waals surface area contributed by atoms with Crippen LogP contribution in [0.3, 0.4) is 0 Å². The molecule has 9 heteroatoms. The Balaban J connectivity index is 1.58. The summed E-state index contributed by atoms with van der Waals surface area (Å²) in [6, 6.07) is 0. The third-order valence-electron chi connectivity index (χ3n) is 8.89. The molecule has 1 aromatic heterocycles. The molecule has 0 amide bonds. The molecular weight excluding hydrogens is 494 g/mol. The van der Waals surface area contributed by atoms with Crippen molar-refractivity contribution in [3.63, 3.8) is 0 Å². The average molecular weight is 532 g/mol. The highest BCUT2D eigenvalue weighted by Gasteiger charge is 2.69. The van der Waals surface area contributed by atoms with E-state index in [4.69, 9.17) is 18.9 Å². The van der Waals surface area contributed by atoms with Crippen molar-refractivity contribution in [3.05, 3.63) is 52.7 Å². The molecule has 4 aliphatic rings. The van der Waals surface area contributed by atoms with Gasteiger partial charge in [-0.2, -0.15) is 0 Å². The molecule has 5 rings (SSSR count). The zero-order chi connectivity index (χ0) is 26.6. The van der Waals surface area contributed by atoms with E-state index in [1.807, 2.05) is 20.8 Å². The van der Waals surface area contributed by atoms with Crippen LogP contribution in [0.5, 0.6) is 0 Å². The molecule has 2 fully saturated rings. The Hall–Kier alpha value is -2.04. The Morgan fingerprint density at radius 3 is 2.76 bits per heavy atom. The molecule has 2 aliphatic carbocycles. The van der Waals surface area contributed by atoms with Gasteiger partial charge in [-0.05, 0) is 25.8 Å². The smallest absolute Gasteiger partial charge is 0.358 e. The molecule has 1 saturated heterocycles. The van der Waals surface area contributed by atoms with Crippen LogP contribution in [0.25, 0.3) is 0 Å². The minimum atomic E-state index is -0.828. The lowest BCUT2D eigenvalue weighted by Gasteiger charge is -2.49. The number of aromatic nitrogens is 1. The van der Waals surface area contributed by atoms with E-state index < -0.39 is 48.2 Å². The number of aliphatic hydroxyl groups is 2. The van der Waals surface area contributed by atoms with E-state index >= 15 is 0 Å². The zero-order valence-corrected chi connectivity index (χ0v) is 22.8. The number of hydrogen-bond acceptors (Lipinski definition) is 9. The number of methoxy groups -OCH3 is 1. The van der Waals surface area contributed by atoms with Crippen LogP contribution in [-0.4, -0.2) is 70.5 Å². The van der Waals surface area contributed by atoms with Gasteiger partial charge in [0.1, 0.15) is 35.8 Å². The van der Waals surface area contributed by atoms with E-state index in [9.17, 15) is 15.0 Å². The summed E-state index contributed by atoms with van der Waals surface area (Å²) in [7, 11) is 1.62. The largest absolute Gasteiger partial charge is 0.489 e. The number of rotatable bonds is 4. The maximum atomic E-state index is 12.9. The molecule has 0 radical (unpaired) electrons. The Morgan fingerprint density at radius 2 is 2.11 bits per heavy atom. The summed E-state index contributed by atoms with van der Waals surface area (Å²) < 4.78 is 24.9. The van der Waals surface area contributed by atoms with Crippen molar-refractivity contribution in [3.8, 4) is 0 Å². The predicted octanol–water partition coefficient (Wildman–Crippen LogP) is 3.52. The topological polar surface area (TPSA) is 107 Å². The highest BCUT2D eigenvalue weighted by molar-refractivity contribution is 7.07. The number of ether oxygens (including phenoxy) is 4. The molecule has 0 aromatic carbocycles. The minimum absolute atomic E-state index is 0.120. The lowest BCUT2D eigenvalue weighted by atomic mass is 9.57. The van der Waals surface area contributed by atoms with Gasteiger partial charge >= 0.3 is 5.97 Å². The SMILES string of the molecule is C=C1O[C@H]([C@@H](C)O)[C@H](C)/C=C(\C)[C@]23O[C@@H]4[C@H](C=C[C@@H]2C[C@@H]1OC)[C@H]3[C@H](O)[C@@H](C)[C@H]4OC(=O)c1cscn1. The fourth-order valence-corrected chi connectivity index (χ4v) is 7.63. The fourth-order valence-electron chi connectivity index (χ4n) is 7.11. The van der Waals surface area contributed by atoms with Crippen molar-refractivity contribution in [2.24, 2.45) is 29.6 Å². The maximum absolute atomic E-state index is 12.9. The molecule has 8 nitrogen and oxygen atoms in total. The average Bonchev–Trinajstić information content (AvgIpc) is 3.46. The number of thiazole rings is 1. The summed E-state index contributed by atoms with van der Waals surface area (Å²) in [5.74, 6) is -1.02. The molecule has 12 atom stereocenters. The van der Waals surface area contributed by atoms with Gasteiger partial charge in [-0.15, -0.1) is 11.3 Å². The predicted molar refractivity (Wildman–Crippen MR) is 138 cm³/mol. The summed E-state index contributed by atoms with van der Waals surface area (Å²) in [4.78, 5) is 17.0. The van der Waals surface area contributed by atoms with E-state index in [2.05, 4.69) is 29.8 Å². The normalized spacial score (nSPS) is 45.3. The van der Waals surface area contributed by atoms with Crippen molar-refractivity contribution in [2.75, 3.05) is 7.11 Å². The molecule has 1 spiro atoms. The second-order valence-corrected chi connectivity index (χ2v) is 11.7. The van der Waals surface area contributed by atoms with Gasteiger partial charge < -0.3 is 29.2 Å². The molecule has 3 heterocycles. The van der Waals surface area contributed by atoms with Crippen LogP contribution in [-0.2, 0) is 18.9 Å². The van der Waals surface area contributed by atoms with Crippen molar-refractivity contribution in [1.29, 1.82) is 0 Å². The van der Waals surface area contributed by atoms with Crippen LogP contribution in [0.4, 0.5) is 0 Å². The van der Waals surface area contributed by atoms with Gasteiger partial charge in [-0.3, -0.25) is 0 Å². The summed E-state index contributed by atoms with van der Waals surface area (Å²) in [5.41, 5.74) is 2.00. The number of hydrogen-bond donors (Lipinski definition) is 2. The van der Waals surface area contributed by atoms with Crippen LogP contribution >= 0.6 is 11.3 Å². The van der Waals surface area contributed by atoms with E-state index in [0.717, 1.165) is 5.57 Å². The third-order valence-corrected chi connectivity index (χ3v) is 9.48. The number of esters is 1. The first kappa shape index (κ1) is 26.6. The van der Waals surface area contributed by atoms with Gasteiger partial charge in [-0.25, -0.2) is 9.78 Å². The Bertz CT molecular complexity index is 1080. The highest BCUT2D eigenvalue weighted by Crippen LogP contribution is 2.61. The quantitative estimate of drug-likeness (QED) is 0.449. The van der Waals surface area contributed by atoms with Gasteiger partial charge in [0, 0.05) is 42.1 Å². The van der Waals surface area contributed by atoms with Gasteiger partial charge in [0.2, 0.25) is 0 Å². The van der Waals surface area contributed by atoms with Crippen LogP contribution in [0, 0.1) is 29.6 Å². The number of carbonyl (C=O) groups is 1. The van der Waals surface area contributed by atoms with Gasteiger partial charge in [-0.1, -0.05) is 38.7 Å². The van der Waals surface area contributed by atoms with Crippen molar-refractivity contribution >= 4 is 17.3 Å². The second-order valence-electron chi connectivity index (χ2n) is 11.0. The van der Waals surface area contributed by atoms with Crippen molar-refractivity contribution in [2.45, 2.75) is 76.3 Å². The summed E-state index contributed by atoms with van der Waals surface area (Å²) in [6.45, 7) is 11.8. The summed E-state index contributed by atoms with van der Waals surface area (Å²) in [5, 5.41) is 23.9. The van der Waals surface area contributed by atoms with E-state index in [1.165, 1.54) is 11.3 Å². The Morgan fingerprint density at radius 1 is 1.35 bits per heavy atom. The zero-order valence-electron chi connectivity index (χ0n) is 21.9. The molecule has 202 valence electrons. The number of aliphatic hydroxyl groups excluding tert-OH is 2. The van der Waals surface area contributed by atoms with Gasteiger partial charge in [0.05, 0.1) is 17.7 Å². The Labute approximate surface area is 222 Å². The van der Waals surface area contributed by atoms with Crippen LogP contribution in [0.15, 0.2) is 47.0 Å². The first-order chi connectivity index (χ1) is 17.6. The van der Waals surface area contributed by atoms with Crippen LogP contribution in [0.2, 0.25) is 0 Å². The van der Waals surface area contributed by atoms with Crippen molar-refractivity contribution < 1.29 is 34.0 Å². The van der Waals surface area contributed by atoms with Crippen molar-refractivity contribution in [1.82, 2.24) is 4.98 Å². The highest BCUT2D eigenvalue weighted by atomic mass is 32.1. The lowest BCUT2D eigenvalue weighted by Crippen LogP contribution is -2.57. The van der Waals surface area contributed by atoms with E-state index in [1.54, 1.807) is 24.9 Å². The number of nitrogens with zero attached hydrogens (tertiary/aromatic N) is 1. The van der Waals surface area contributed by atoms with Crippen LogP contribution in [0.1, 0.15) is 44.6 Å². The van der Waals surface area contributed by atoms with Gasteiger partial charge in [0.15, 0.2) is 5.69 Å². The molecular formula is C28H37NO7S. The first-order valence-electron chi connectivity index (χ1n) is 13.0. The fraction of sp³-hybridized carbons (Fsp3) is 0.643. The summed E-state index contributed by atoms with van der Waals surface area (Å²) >= 11 is 1.33. The molecule has 4 bridgehead atoms. The van der Waals surface area contributed by atoms with E-state index in [-0.39, 0.29) is 35.3 Å². The number of carbonyl (C=O) groups excluding carboxylic acids is 1. The third kappa shape index (κ3) is 4.19. The monoisotopic (exact) mass is 531 g/mol. The molecule has 1 saturated carbocycles. The summed E-state index contributed by atoms with van der Waals surface area (Å²) in [6.07, 6.45) is 3.40. The molecule has 2 aliphatic heterocycles.